The number of carbonyl (C=O) groups is 5. The molecule has 4 rings (SSSR count). The van der Waals surface area contributed by atoms with Gasteiger partial charge < -0.3 is 29.8 Å². The number of nitrogens with zero attached hydrogens (tertiary/aromatic N) is 2. The number of aryl methyl sites for hydroxylation is 2. The first-order valence-electron chi connectivity index (χ1n) is 18.5. The Kier molecular flexibility index (Phi) is 12.6. The summed E-state index contributed by atoms with van der Waals surface area (Å²) in [6, 6.07) is 0.901. The highest BCUT2D eigenvalue weighted by molar-refractivity contribution is 6.39. The van der Waals surface area contributed by atoms with E-state index >= 15 is 0 Å². The number of benzene rings is 1. The number of ketones is 2. The minimum Gasteiger partial charge on any atom is -0.493 e. The normalized spacial score (nSPS) is 21.8. The molecule has 0 radical (unpaired) electrons. The predicted molar refractivity (Wildman–Crippen MR) is 194 cm³/mol. The molecule has 282 valence electrons. The lowest BCUT2D eigenvalue weighted by Gasteiger charge is -2.35. The predicted octanol–water partition coefficient (Wildman–Crippen LogP) is 5.57. The maximum Gasteiger partial charge on any atom is 0.408 e. The van der Waals surface area contributed by atoms with Gasteiger partial charge in [0.15, 0.2) is 11.4 Å². The van der Waals surface area contributed by atoms with Gasteiger partial charge in [-0.15, -0.1) is 0 Å². The molecule has 2 fully saturated rings. The SMILES string of the molecule is CCOc1c(C)cc(C2=NO[C@]3(C2)C[C@@H](C(=O)N[C@@H](CC2CC2)C(=O)C(=O)CC)N(C(=O)[C@@H](NC(=O)O[C@H](C)CC(C)C)C(C)(C)C)C3)cc1C. The fraction of sp³-hybridized carbons (Fsp3) is 0.692. The highest BCUT2D eigenvalue weighted by atomic mass is 16.7. The quantitative estimate of drug-likeness (QED) is 0.224. The van der Waals surface area contributed by atoms with Crippen molar-refractivity contribution in [3.05, 3.63) is 28.8 Å². The summed E-state index contributed by atoms with van der Waals surface area (Å²) in [7, 11) is 0. The topological polar surface area (TPSA) is 153 Å². The van der Waals surface area contributed by atoms with E-state index in [0.717, 1.165) is 35.3 Å². The van der Waals surface area contributed by atoms with Crippen molar-refractivity contribution in [3.8, 4) is 5.75 Å². The van der Waals surface area contributed by atoms with Gasteiger partial charge in [0.2, 0.25) is 17.6 Å². The van der Waals surface area contributed by atoms with E-state index < -0.39 is 58.6 Å². The van der Waals surface area contributed by atoms with Crippen molar-refractivity contribution in [1.82, 2.24) is 15.5 Å². The van der Waals surface area contributed by atoms with Gasteiger partial charge in [0, 0.05) is 24.8 Å². The maximum absolute atomic E-state index is 14.6. The van der Waals surface area contributed by atoms with Gasteiger partial charge in [0.1, 0.15) is 23.9 Å². The van der Waals surface area contributed by atoms with E-state index in [9.17, 15) is 24.0 Å². The van der Waals surface area contributed by atoms with E-state index in [1.807, 2.05) is 74.4 Å². The molecule has 1 aromatic rings. The number of hydrogen-bond acceptors (Lipinski definition) is 9. The van der Waals surface area contributed by atoms with E-state index in [4.69, 9.17) is 14.3 Å². The molecule has 1 saturated heterocycles. The van der Waals surface area contributed by atoms with Crippen molar-refractivity contribution < 1.29 is 38.3 Å². The molecule has 1 aliphatic carbocycles. The second-order valence-corrected chi connectivity index (χ2v) is 16.2. The van der Waals surface area contributed by atoms with Crippen LogP contribution in [0.1, 0.15) is 117 Å². The standard InChI is InChI=1S/C39H58N4O8/c1-11-31(44)32(45)28(18-26-13-14-26)40-35(46)30-20-39(19-29(42-51-39)27-16-23(5)33(49-12-2)24(6)17-27)21-43(30)36(47)34(38(8,9)10)41-37(48)50-25(7)15-22(3)4/h16-17,22,25-26,28,30,34H,11-15,18-21H2,1-10H3,(H,40,46)(H,41,48)/t25-,28+,30+,34-,39-/m1/s1. The molecule has 5 atom stereocenters. The third-order valence-corrected chi connectivity index (χ3v) is 9.89. The molecule has 1 saturated carbocycles. The molecule has 2 N–H and O–H groups in total. The molecule has 12 heteroatoms. The molecular formula is C39H58N4O8. The van der Waals surface area contributed by atoms with Crippen molar-refractivity contribution in [2.45, 2.75) is 144 Å². The summed E-state index contributed by atoms with van der Waals surface area (Å²) in [5.74, 6) is -0.812. The highest BCUT2D eigenvalue weighted by Gasteiger charge is 2.56. The number of likely N-dealkylation sites (tertiary alicyclic amines) is 1. The van der Waals surface area contributed by atoms with Gasteiger partial charge in [-0.2, -0.15) is 0 Å². The monoisotopic (exact) mass is 710 g/mol. The van der Waals surface area contributed by atoms with Gasteiger partial charge in [-0.05, 0) is 81.0 Å². The van der Waals surface area contributed by atoms with Crippen LogP contribution in [0.25, 0.3) is 0 Å². The number of carbonyl (C=O) groups excluding carboxylic acids is 5. The fourth-order valence-corrected chi connectivity index (χ4v) is 7.19. The number of oxime groups is 1. The molecule has 1 aromatic carbocycles. The van der Waals surface area contributed by atoms with E-state index in [2.05, 4.69) is 15.8 Å². The number of amides is 3. The molecule has 3 aliphatic rings. The second kappa shape index (κ2) is 16.2. The number of ether oxygens (including phenoxy) is 2. The molecule has 3 amide bonds. The van der Waals surface area contributed by atoms with E-state index in [1.165, 1.54) is 4.90 Å². The summed E-state index contributed by atoms with van der Waals surface area (Å²) in [6.07, 6.45) is 2.28. The van der Waals surface area contributed by atoms with Crippen molar-refractivity contribution in [3.63, 3.8) is 0 Å². The first-order valence-corrected chi connectivity index (χ1v) is 18.5. The smallest absolute Gasteiger partial charge is 0.408 e. The largest absolute Gasteiger partial charge is 0.493 e. The van der Waals surface area contributed by atoms with Crippen LogP contribution in [0.4, 0.5) is 4.79 Å². The fourth-order valence-electron chi connectivity index (χ4n) is 7.19. The molecule has 0 unspecified atom stereocenters. The summed E-state index contributed by atoms with van der Waals surface area (Å²) in [5, 5.41) is 10.1. The van der Waals surface area contributed by atoms with Crippen molar-refractivity contribution >= 4 is 35.2 Å². The van der Waals surface area contributed by atoms with Crippen molar-refractivity contribution in [2.24, 2.45) is 22.4 Å². The summed E-state index contributed by atoms with van der Waals surface area (Å²) in [6.45, 7) is 19.4. The molecule has 12 nitrogen and oxygen atoms in total. The van der Waals surface area contributed by atoms with Crippen LogP contribution in [0.5, 0.6) is 5.75 Å². The Morgan fingerprint density at radius 2 is 1.69 bits per heavy atom. The van der Waals surface area contributed by atoms with Crippen LogP contribution >= 0.6 is 0 Å². The maximum atomic E-state index is 14.6. The van der Waals surface area contributed by atoms with Gasteiger partial charge in [0.25, 0.3) is 0 Å². The van der Waals surface area contributed by atoms with Crippen LogP contribution in [-0.2, 0) is 28.8 Å². The summed E-state index contributed by atoms with van der Waals surface area (Å²) in [4.78, 5) is 75.1. The number of nitrogens with one attached hydrogen (secondary N) is 2. The second-order valence-electron chi connectivity index (χ2n) is 16.2. The Hall–Kier alpha value is -3.96. The van der Waals surface area contributed by atoms with Gasteiger partial charge >= 0.3 is 6.09 Å². The molecule has 51 heavy (non-hydrogen) atoms. The van der Waals surface area contributed by atoms with Crippen molar-refractivity contribution in [1.29, 1.82) is 0 Å². The zero-order valence-corrected chi connectivity index (χ0v) is 32.1. The highest BCUT2D eigenvalue weighted by Crippen LogP contribution is 2.41. The number of rotatable bonds is 15. The van der Waals surface area contributed by atoms with E-state index in [1.54, 1.807) is 6.92 Å². The summed E-state index contributed by atoms with van der Waals surface area (Å²) >= 11 is 0. The number of alkyl carbamates (subject to hydrolysis) is 1. The summed E-state index contributed by atoms with van der Waals surface area (Å²) in [5.41, 5.74) is 1.66. The van der Waals surface area contributed by atoms with Crippen LogP contribution in [-0.4, -0.2) is 83.1 Å². The zero-order chi connectivity index (χ0) is 37.8. The molecule has 2 heterocycles. The lowest BCUT2D eigenvalue weighted by molar-refractivity contribution is -0.143. The minimum atomic E-state index is -1.05. The van der Waals surface area contributed by atoms with E-state index in [0.29, 0.717) is 37.5 Å². The average Bonchev–Trinajstić information content (AvgIpc) is 3.64. The third kappa shape index (κ3) is 9.89. The molecular weight excluding hydrogens is 652 g/mol. The first kappa shape index (κ1) is 39.8. The molecule has 1 spiro atoms. The Morgan fingerprint density at radius 3 is 2.24 bits per heavy atom. The third-order valence-electron chi connectivity index (χ3n) is 9.89. The van der Waals surface area contributed by atoms with Crippen LogP contribution in [0.2, 0.25) is 0 Å². The first-order chi connectivity index (χ1) is 23.9. The van der Waals surface area contributed by atoms with Crippen LogP contribution < -0.4 is 15.4 Å². The van der Waals surface area contributed by atoms with Crippen LogP contribution in [0, 0.1) is 31.1 Å². The minimum absolute atomic E-state index is 0.0219. The summed E-state index contributed by atoms with van der Waals surface area (Å²) < 4.78 is 11.4. The molecule has 0 aromatic heterocycles. The lowest BCUT2D eigenvalue weighted by atomic mass is 9.85. The van der Waals surface area contributed by atoms with Crippen LogP contribution in [0.3, 0.4) is 0 Å². The van der Waals surface area contributed by atoms with Gasteiger partial charge in [-0.1, -0.05) is 59.5 Å². The number of Topliss-reactive ketones (excluding diaryl/α,β-unsaturated/α-hetero) is 2. The molecule has 2 aliphatic heterocycles. The van der Waals surface area contributed by atoms with Gasteiger partial charge in [-0.3, -0.25) is 19.2 Å². The average molecular weight is 711 g/mol. The van der Waals surface area contributed by atoms with Gasteiger partial charge in [0.05, 0.1) is 24.9 Å². The molecule has 0 bridgehead atoms. The van der Waals surface area contributed by atoms with Crippen molar-refractivity contribution in [2.75, 3.05) is 13.2 Å². The Balaban J connectivity index is 1.64. The van der Waals surface area contributed by atoms with Crippen LogP contribution in [0.15, 0.2) is 17.3 Å². The van der Waals surface area contributed by atoms with E-state index in [-0.39, 0.29) is 31.4 Å². The van der Waals surface area contributed by atoms with Gasteiger partial charge in [-0.25, -0.2) is 4.79 Å². The lowest BCUT2D eigenvalue weighted by Crippen LogP contribution is -2.59. The Morgan fingerprint density at radius 1 is 1.04 bits per heavy atom. The Bertz CT molecular complexity index is 1500. The number of hydrogen-bond donors (Lipinski definition) is 2. The zero-order valence-electron chi connectivity index (χ0n) is 32.1. The Labute approximate surface area is 302 Å².